The third kappa shape index (κ3) is 11.6. The Morgan fingerprint density at radius 2 is 1.55 bits per heavy atom. The molecule has 4 amide bonds. The highest BCUT2D eigenvalue weighted by molar-refractivity contribution is 7.93. The number of hydrogen-bond acceptors (Lipinski definition) is 11. The molecule has 3 heterocycles. The van der Waals surface area contributed by atoms with Gasteiger partial charge < -0.3 is 21.1 Å². The number of hydrogen-bond donors (Lipinski definition) is 4. The van der Waals surface area contributed by atoms with Gasteiger partial charge in [0.2, 0.25) is 15.9 Å². The molecule has 3 atom stereocenters. The third-order valence-electron chi connectivity index (χ3n) is 11.9. The Labute approximate surface area is 422 Å². The van der Waals surface area contributed by atoms with E-state index < -0.39 is 179 Å². The van der Waals surface area contributed by atoms with Crippen LogP contribution in [0.2, 0.25) is 5.02 Å². The molecule has 0 bridgehead atoms. The third-order valence-corrected chi connectivity index (χ3v) is 15.2. The van der Waals surface area contributed by atoms with Crippen LogP contribution in [0.25, 0.3) is 22.0 Å². The van der Waals surface area contributed by atoms with Gasteiger partial charge in [0.1, 0.15) is 40.9 Å². The summed E-state index contributed by atoms with van der Waals surface area (Å²) in [6.07, 6.45) is -10.2. The SMILES string of the molecule is CC(C)(C#Cc1ccc(-c2ccc(Cl)c3c(N(C(=O)NCCNC(=O)C(=O)O)S(C)(=O)=O)nn(CC(F)(F)F)c23)c([C@H](Cc2cc(F)cc(F)c2)NC(=O)Cn2nc(C(F)(F)F)c3c2C(F)(F)[C@@H]2CC32)n1)S(C)(=O)=O. The first-order chi connectivity index (χ1) is 34.5. The Kier molecular flexibility index (Phi) is 14.6. The lowest BCUT2D eigenvalue weighted by atomic mass is 9.93. The zero-order chi connectivity index (χ0) is 55.7. The average molecular weight is 1130 g/mol. The number of aromatic nitrogens is 5. The normalized spacial score (nSPS) is 16.6. The van der Waals surface area contributed by atoms with Crippen LogP contribution in [0.15, 0.2) is 42.5 Å². The molecule has 1 unspecified atom stereocenters. The molecule has 1 fully saturated rings. The largest absolute Gasteiger partial charge is 0.474 e. The summed E-state index contributed by atoms with van der Waals surface area (Å²) in [4.78, 5) is 54.7. The number of pyridine rings is 1. The highest BCUT2D eigenvalue weighted by Gasteiger charge is 2.68. The first kappa shape index (κ1) is 55.7. The maximum absolute atomic E-state index is 15.6. The second-order valence-electron chi connectivity index (χ2n) is 17.8. The summed E-state index contributed by atoms with van der Waals surface area (Å²) in [7, 11) is -8.87. The van der Waals surface area contributed by atoms with Gasteiger partial charge in [0.25, 0.3) is 5.92 Å². The van der Waals surface area contributed by atoms with E-state index in [0.29, 0.717) is 12.3 Å². The summed E-state index contributed by atoms with van der Waals surface area (Å²) >= 11 is 6.60. The molecule has 2 aromatic carbocycles. The number of rotatable bonds is 14. The van der Waals surface area contributed by atoms with Gasteiger partial charge in [0.05, 0.1) is 33.9 Å². The van der Waals surface area contributed by atoms with Gasteiger partial charge in [-0.15, -0.1) is 0 Å². The van der Waals surface area contributed by atoms with Crippen LogP contribution in [0.5, 0.6) is 0 Å². The summed E-state index contributed by atoms with van der Waals surface area (Å²) in [5.74, 6) is -9.78. The van der Waals surface area contributed by atoms with E-state index in [0.717, 1.165) is 42.7 Å². The van der Waals surface area contributed by atoms with Gasteiger partial charge in [0.15, 0.2) is 21.3 Å². The quantitative estimate of drug-likeness (QED) is 0.0435. The van der Waals surface area contributed by atoms with Crippen LogP contribution in [0.3, 0.4) is 0 Å². The second-order valence-corrected chi connectivity index (χ2v) is 22.6. The van der Waals surface area contributed by atoms with Crippen LogP contribution < -0.4 is 20.3 Å². The number of aliphatic carboxylic acids is 1. The lowest BCUT2D eigenvalue weighted by Gasteiger charge is -2.23. The number of amides is 4. The molecule has 0 radical (unpaired) electrons. The number of urea groups is 1. The molecule has 1 saturated carbocycles. The fourth-order valence-corrected chi connectivity index (χ4v) is 9.58. The Morgan fingerprint density at radius 3 is 2.13 bits per heavy atom. The number of halogens is 11. The minimum atomic E-state index is -5.25. The van der Waals surface area contributed by atoms with Crippen molar-refractivity contribution in [2.45, 2.75) is 74.8 Å². The van der Waals surface area contributed by atoms with E-state index in [1.807, 2.05) is 5.32 Å². The van der Waals surface area contributed by atoms with E-state index in [1.165, 1.54) is 13.8 Å². The molecule has 0 aliphatic heterocycles. The van der Waals surface area contributed by atoms with Crippen LogP contribution in [0.4, 0.5) is 54.5 Å². The number of fused-ring (bicyclic) bond motifs is 4. The van der Waals surface area contributed by atoms with Crippen molar-refractivity contribution in [2.24, 2.45) is 5.92 Å². The van der Waals surface area contributed by atoms with Crippen molar-refractivity contribution in [1.29, 1.82) is 0 Å². The molecule has 5 aromatic rings. The molecule has 4 N–H and O–H groups in total. The number of sulfone groups is 1. The van der Waals surface area contributed by atoms with Crippen molar-refractivity contribution in [3.63, 3.8) is 0 Å². The number of nitrogens with zero attached hydrogens (tertiary/aromatic N) is 6. The van der Waals surface area contributed by atoms with E-state index in [1.54, 1.807) is 0 Å². The number of benzene rings is 2. The van der Waals surface area contributed by atoms with E-state index in [9.17, 15) is 71.1 Å². The summed E-state index contributed by atoms with van der Waals surface area (Å²) in [6, 6.07) is 2.84. The predicted molar refractivity (Wildman–Crippen MR) is 244 cm³/mol. The van der Waals surface area contributed by atoms with Crippen LogP contribution in [-0.2, 0) is 65.9 Å². The second kappa shape index (κ2) is 19.6. The van der Waals surface area contributed by atoms with E-state index in [-0.39, 0.29) is 36.9 Å². The predicted octanol–water partition coefficient (Wildman–Crippen LogP) is 5.97. The van der Waals surface area contributed by atoms with Crippen molar-refractivity contribution in [3.05, 3.63) is 93.0 Å². The van der Waals surface area contributed by atoms with Crippen molar-refractivity contribution in [3.8, 4) is 23.0 Å². The zero-order valence-electron chi connectivity index (χ0n) is 38.9. The number of sulfonamides is 1. The average Bonchev–Trinajstić information content (AvgIpc) is 3.78. The van der Waals surface area contributed by atoms with Gasteiger partial charge in [-0.25, -0.2) is 40.2 Å². The molecule has 75 heavy (non-hydrogen) atoms. The van der Waals surface area contributed by atoms with E-state index in [4.69, 9.17) is 16.7 Å². The van der Waals surface area contributed by atoms with Crippen molar-refractivity contribution in [1.82, 2.24) is 40.5 Å². The number of nitrogens with one attached hydrogen (secondary N) is 3. The van der Waals surface area contributed by atoms with Gasteiger partial charge in [-0.3, -0.25) is 19.0 Å². The fourth-order valence-electron chi connectivity index (χ4n) is 8.30. The summed E-state index contributed by atoms with van der Waals surface area (Å²) < 4.78 is 198. The summed E-state index contributed by atoms with van der Waals surface area (Å²) in [5, 5.41) is 21.1. The highest BCUT2D eigenvalue weighted by atomic mass is 35.5. The molecule has 2 aliphatic rings. The number of carbonyl (C=O) groups excluding carboxylic acids is 3. The van der Waals surface area contributed by atoms with Crippen LogP contribution in [0.1, 0.15) is 66.1 Å². The number of alkyl halides is 8. The Morgan fingerprint density at radius 1 is 0.920 bits per heavy atom. The standard InChI is InChI=1S/C44H38ClF10N9O9S2/c1-41(2,74(3,70)71)10-9-23-5-6-24(25-7-8-28(45)32-34(25)63(19-42(48,49)50)61-37(32)64(75(4,72)73)40(69)57-12-11-56-38(66)39(67)68)33(58-23)29(15-20-13-21(46)16-22(47)14-20)59-30(65)18-62-36-31(35(60-62)44(53,54)55)26-17-27(26)43(36,51)52/h5-8,13-14,16,26-27,29H,11-12,15,17-19H2,1-4H3,(H,56,66)(H,57,69)(H,59,65)(H,67,68)/t26?,27-,29+/m1/s1. The topological polar surface area (TPSA) is 245 Å². The molecule has 7 rings (SSSR count). The monoisotopic (exact) mass is 1130 g/mol. The first-order valence-corrected chi connectivity index (χ1v) is 25.7. The zero-order valence-corrected chi connectivity index (χ0v) is 41.3. The molecule has 31 heteroatoms. The van der Waals surface area contributed by atoms with Gasteiger partial charge in [-0.1, -0.05) is 23.6 Å². The molecule has 402 valence electrons. The molecule has 0 saturated heterocycles. The number of carboxylic acid groups (broad SMARTS) is 1. The van der Waals surface area contributed by atoms with Gasteiger partial charge in [0, 0.05) is 48.0 Å². The van der Waals surface area contributed by atoms with Crippen molar-refractivity contribution in [2.75, 3.05) is 29.9 Å². The molecule has 18 nitrogen and oxygen atoms in total. The molecular weight excluding hydrogens is 1090 g/mol. The Hall–Kier alpha value is -7.00. The summed E-state index contributed by atoms with van der Waals surface area (Å²) in [5.41, 5.74) is -6.29. The fraction of sp³-hybridized carbons (Fsp3) is 0.386. The molecule has 3 aromatic heterocycles. The van der Waals surface area contributed by atoms with Crippen molar-refractivity contribution < 1.29 is 85.0 Å². The Balaban J connectivity index is 1.45. The minimum Gasteiger partial charge on any atom is -0.474 e. The minimum absolute atomic E-state index is 0.0942. The van der Waals surface area contributed by atoms with Crippen molar-refractivity contribution >= 4 is 72.0 Å². The van der Waals surface area contributed by atoms with E-state index >= 15 is 8.78 Å². The number of carboxylic acids is 1. The number of carbonyl (C=O) groups is 4. The van der Waals surface area contributed by atoms with Gasteiger partial charge >= 0.3 is 30.3 Å². The lowest BCUT2D eigenvalue weighted by Crippen LogP contribution is -2.46. The van der Waals surface area contributed by atoms with Crippen LogP contribution in [-0.4, -0.2) is 107 Å². The lowest BCUT2D eigenvalue weighted by molar-refractivity contribution is -0.150. The maximum Gasteiger partial charge on any atom is 0.435 e. The highest BCUT2D eigenvalue weighted by Crippen LogP contribution is 2.68. The first-order valence-electron chi connectivity index (χ1n) is 21.6. The molecular formula is C44H38ClF10N9O9S2. The molecule has 0 spiro atoms. The number of anilines is 1. The van der Waals surface area contributed by atoms with Crippen LogP contribution in [0, 0.1) is 29.4 Å². The maximum atomic E-state index is 15.6. The van der Waals surface area contributed by atoms with E-state index in [2.05, 4.69) is 37.7 Å². The van der Waals surface area contributed by atoms with Crippen LogP contribution >= 0.6 is 11.6 Å². The molecule has 2 aliphatic carbocycles. The Bertz CT molecular complexity index is 3480. The smallest absolute Gasteiger partial charge is 0.435 e. The van der Waals surface area contributed by atoms with Gasteiger partial charge in [-0.2, -0.15) is 49.6 Å². The van der Waals surface area contributed by atoms with Gasteiger partial charge in [-0.05, 0) is 74.4 Å². The summed E-state index contributed by atoms with van der Waals surface area (Å²) in [6.45, 7) is -2.22.